The Morgan fingerprint density at radius 3 is 2.07 bits per heavy atom. The number of hydrogen-bond donors (Lipinski definition) is 0. The first kappa shape index (κ1) is 19.8. The van der Waals surface area contributed by atoms with Crippen LogP contribution in [0.5, 0.6) is 0 Å². The van der Waals surface area contributed by atoms with Gasteiger partial charge in [0.2, 0.25) is 0 Å². The molecule has 0 saturated carbocycles. The molecule has 27 heavy (non-hydrogen) atoms. The molecule has 1 aliphatic rings. The van der Waals surface area contributed by atoms with E-state index in [-0.39, 0.29) is 32.0 Å². The van der Waals surface area contributed by atoms with Gasteiger partial charge in [0.1, 0.15) is 0 Å². The molecule has 2 unspecified atom stereocenters. The van der Waals surface area contributed by atoms with Gasteiger partial charge in [0.15, 0.2) is 0 Å². The van der Waals surface area contributed by atoms with Crippen LogP contribution in [0, 0.1) is 11.9 Å². The molecule has 3 aromatic carbocycles. The predicted octanol–water partition coefficient (Wildman–Crippen LogP) is 6.04. The van der Waals surface area contributed by atoms with Gasteiger partial charge in [-0.25, -0.2) is 0 Å². The van der Waals surface area contributed by atoms with E-state index < -0.39 is 0 Å². The Bertz CT molecular complexity index is 785. The first-order valence-corrected chi connectivity index (χ1v) is 9.04. The van der Waals surface area contributed by atoms with Crippen LogP contribution in [-0.2, 0) is 20.1 Å². The number of benzene rings is 3. The molecular weight excluding hydrogens is 515 g/mol. The van der Waals surface area contributed by atoms with Crippen LogP contribution in [-0.4, -0.2) is 12.6 Å². The minimum absolute atomic E-state index is 0. The van der Waals surface area contributed by atoms with Crippen molar-refractivity contribution in [3.63, 3.8) is 0 Å². The van der Waals surface area contributed by atoms with Crippen LogP contribution < -0.4 is 4.90 Å². The van der Waals surface area contributed by atoms with Crippen LogP contribution in [0.4, 0.5) is 15.8 Å². The normalized spacial score (nSPS) is 19.1. The van der Waals surface area contributed by atoms with Crippen LogP contribution in [0.2, 0.25) is 0 Å². The molecule has 1 saturated heterocycles. The standard InChI is InChI=1S/C23H21FN2.Ir/c24-19-13-11-18(12-14-19)23-17-22(15-16-25-23)26(20-7-3-1-4-8-20)21-9-5-2-6-10-21;/h1-11,13-14,22-23H,15-17H2;/q-2;. The van der Waals surface area contributed by atoms with Crippen molar-refractivity contribution in [2.24, 2.45) is 0 Å². The summed E-state index contributed by atoms with van der Waals surface area (Å²) in [6, 6.07) is 29.1. The van der Waals surface area contributed by atoms with Gasteiger partial charge in [-0.2, -0.15) is 17.7 Å². The SMILES string of the molecule is Fc1c[c-]c(C2CC(N(c3ccccc3)c3ccccc3)CC[N-]2)cc1.[Ir]. The average molecular weight is 537 g/mol. The van der Waals surface area contributed by atoms with E-state index in [9.17, 15) is 4.39 Å². The number of hydrogen-bond acceptors (Lipinski definition) is 1. The van der Waals surface area contributed by atoms with Crippen molar-refractivity contribution in [3.8, 4) is 0 Å². The van der Waals surface area contributed by atoms with Crippen LogP contribution in [0.15, 0.2) is 78.9 Å². The van der Waals surface area contributed by atoms with E-state index in [1.165, 1.54) is 23.5 Å². The summed E-state index contributed by atoms with van der Waals surface area (Å²) in [4.78, 5) is 2.41. The van der Waals surface area contributed by atoms with Gasteiger partial charge in [-0.1, -0.05) is 42.8 Å². The number of nitrogens with zero attached hydrogens (tertiary/aromatic N) is 2. The van der Waals surface area contributed by atoms with E-state index in [4.69, 9.17) is 5.32 Å². The van der Waals surface area contributed by atoms with E-state index in [2.05, 4.69) is 59.5 Å². The second-order valence-electron chi connectivity index (χ2n) is 6.60. The van der Waals surface area contributed by atoms with Gasteiger partial charge in [-0.05, 0) is 30.7 Å². The molecule has 0 bridgehead atoms. The molecule has 1 heterocycles. The molecule has 3 aromatic rings. The second-order valence-corrected chi connectivity index (χ2v) is 6.60. The monoisotopic (exact) mass is 537 g/mol. The minimum atomic E-state index is -0.253. The summed E-state index contributed by atoms with van der Waals surface area (Å²) in [7, 11) is 0. The quantitative estimate of drug-likeness (QED) is 0.372. The minimum Gasteiger partial charge on any atom is -0.657 e. The maximum atomic E-state index is 13.2. The summed E-state index contributed by atoms with van der Waals surface area (Å²) in [5, 5.41) is 4.77. The van der Waals surface area contributed by atoms with E-state index in [1.54, 1.807) is 6.07 Å². The Hall–Kier alpha value is -2.00. The third kappa shape index (κ3) is 4.65. The summed E-state index contributed by atoms with van der Waals surface area (Å²) in [6.07, 6.45) is 1.90. The van der Waals surface area contributed by atoms with Crippen molar-refractivity contribution in [1.29, 1.82) is 0 Å². The van der Waals surface area contributed by atoms with Crippen molar-refractivity contribution in [3.05, 3.63) is 102 Å². The summed E-state index contributed by atoms with van der Waals surface area (Å²) in [5.41, 5.74) is 3.34. The van der Waals surface area contributed by atoms with E-state index >= 15 is 0 Å². The zero-order chi connectivity index (χ0) is 17.8. The Morgan fingerprint density at radius 1 is 0.889 bits per heavy atom. The van der Waals surface area contributed by atoms with Gasteiger partial charge in [0.05, 0.1) is 0 Å². The summed E-state index contributed by atoms with van der Waals surface area (Å²) < 4.78 is 13.2. The fraction of sp³-hybridized carbons (Fsp3) is 0.217. The second kappa shape index (κ2) is 9.27. The van der Waals surface area contributed by atoms with Gasteiger partial charge < -0.3 is 10.2 Å². The van der Waals surface area contributed by atoms with Gasteiger partial charge >= 0.3 is 0 Å². The van der Waals surface area contributed by atoms with Gasteiger partial charge in [0, 0.05) is 43.3 Å². The molecule has 0 amide bonds. The molecule has 1 fully saturated rings. The fourth-order valence-corrected chi connectivity index (χ4v) is 3.66. The first-order valence-electron chi connectivity index (χ1n) is 9.04. The van der Waals surface area contributed by atoms with Crippen LogP contribution in [0.25, 0.3) is 5.32 Å². The largest absolute Gasteiger partial charge is 0.657 e. The topological polar surface area (TPSA) is 17.3 Å². The Labute approximate surface area is 173 Å². The summed E-state index contributed by atoms with van der Waals surface area (Å²) >= 11 is 0. The smallest absolute Gasteiger partial charge is 0.0413 e. The molecule has 0 aliphatic carbocycles. The van der Waals surface area contributed by atoms with Gasteiger partial charge in [0.25, 0.3) is 0 Å². The molecule has 1 aliphatic heterocycles. The van der Waals surface area contributed by atoms with Crippen LogP contribution >= 0.6 is 0 Å². The molecule has 4 heteroatoms. The van der Waals surface area contributed by atoms with Gasteiger partial charge in [-0.3, -0.25) is 4.39 Å². The van der Waals surface area contributed by atoms with E-state index in [0.717, 1.165) is 24.9 Å². The van der Waals surface area contributed by atoms with Crippen molar-refractivity contribution < 1.29 is 24.5 Å². The summed E-state index contributed by atoms with van der Waals surface area (Å²) in [5.74, 6) is -0.253. The maximum absolute atomic E-state index is 13.2. The number of rotatable bonds is 4. The molecule has 0 aromatic heterocycles. The number of piperidine rings is 1. The number of halogens is 1. The molecular formula is C23H21FIrN2-2. The Kier molecular flexibility index (Phi) is 6.78. The van der Waals surface area contributed by atoms with Crippen LogP contribution in [0.3, 0.4) is 0 Å². The maximum Gasteiger partial charge on any atom is 0.0413 e. The zero-order valence-electron chi connectivity index (χ0n) is 14.9. The third-order valence-electron chi connectivity index (χ3n) is 4.90. The zero-order valence-corrected chi connectivity index (χ0v) is 17.3. The predicted molar refractivity (Wildman–Crippen MR) is 104 cm³/mol. The summed E-state index contributed by atoms with van der Waals surface area (Å²) in [6.45, 7) is 0.802. The number of para-hydroxylation sites is 2. The molecule has 2 atom stereocenters. The average Bonchev–Trinajstić information content (AvgIpc) is 2.71. The van der Waals surface area contributed by atoms with Gasteiger partial charge in [-0.15, -0.1) is 24.7 Å². The first-order chi connectivity index (χ1) is 12.8. The van der Waals surface area contributed by atoms with Crippen molar-refractivity contribution in [1.82, 2.24) is 0 Å². The van der Waals surface area contributed by atoms with Crippen molar-refractivity contribution >= 4 is 11.4 Å². The molecule has 0 N–H and O–H groups in total. The molecule has 2 nitrogen and oxygen atoms in total. The molecule has 141 valence electrons. The molecule has 1 radical (unpaired) electrons. The van der Waals surface area contributed by atoms with E-state index in [0.29, 0.717) is 6.04 Å². The van der Waals surface area contributed by atoms with Crippen LogP contribution in [0.1, 0.15) is 24.4 Å². The molecule has 0 spiro atoms. The molecule has 4 rings (SSSR count). The van der Waals surface area contributed by atoms with E-state index in [1.807, 2.05) is 12.1 Å². The Morgan fingerprint density at radius 2 is 1.52 bits per heavy atom. The fourth-order valence-electron chi connectivity index (χ4n) is 3.66. The van der Waals surface area contributed by atoms with Crippen molar-refractivity contribution in [2.45, 2.75) is 24.9 Å². The number of anilines is 2. The van der Waals surface area contributed by atoms with Crippen molar-refractivity contribution in [2.75, 3.05) is 11.4 Å². The third-order valence-corrected chi connectivity index (χ3v) is 4.90. The Balaban J connectivity index is 0.00000210.